The van der Waals surface area contributed by atoms with Crippen LogP contribution in [0.1, 0.15) is 5.56 Å². The third-order valence-corrected chi connectivity index (χ3v) is 3.99. The molecule has 0 aliphatic carbocycles. The van der Waals surface area contributed by atoms with Crippen LogP contribution in [0.5, 0.6) is 0 Å². The second kappa shape index (κ2) is 4.63. The van der Waals surface area contributed by atoms with Crippen LogP contribution in [0.4, 0.5) is 10.5 Å². The van der Waals surface area contributed by atoms with Crippen molar-refractivity contribution in [2.75, 3.05) is 31.1 Å². The fourth-order valence-electron chi connectivity index (χ4n) is 2.71. The van der Waals surface area contributed by atoms with Gasteiger partial charge in [-0.1, -0.05) is 17.7 Å². The molecule has 0 spiro atoms. The average Bonchev–Trinajstić information content (AvgIpc) is 2.79. The molecular formula is C13H13ClN4O. The molecule has 1 atom stereocenters. The minimum Gasteiger partial charge on any atom is -0.367 e. The van der Waals surface area contributed by atoms with Crippen molar-refractivity contribution in [2.24, 2.45) is 0 Å². The predicted molar refractivity (Wildman–Crippen MR) is 72.3 cm³/mol. The van der Waals surface area contributed by atoms with E-state index in [1.54, 1.807) is 6.07 Å². The zero-order valence-corrected chi connectivity index (χ0v) is 11.0. The smallest absolute Gasteiger partial charge is 0.317 e. The lowest BCUT2D eigenvalue weighted by atomic mass is 10.1. The number of hydrogen-bond acceptors (Lipinski definition) is 3. The molecule has 6 heteroatoms. The number of hydrogen-bond donors (Lipinski definition) is 1. The van der Waals surface area contributed by atoms with Crippen molar-refractivity contribution in [3.05, 3.63) is 28.8 Å². The van der Waals surface area contributed by atoms with Gasteiger partial charge in [-0.25, -0.2) is 4.79 Å². The van der Waals surface area contributed by atoms with E-state index >= 15 is 0 Å². The molecule has 3 rings (SSSR count). The summed E-state index contributed by atoms with van der Waals surface area (Å²) in [7, 11) is 0. The van der Waals surface area contributed by atoms with Crippen LogP contribution in [0.25, 0.3) is 0 Å². The van der Waals surface area contributed by atoms with Crippen molar-refractivity contribution in [1.82, 2.24) is 10.2 Å². The van der Waals surface area contributed by atoms with Crippen molar-refractivity contribution < 1.29 is 4.79 Å². The Morgan fingerprint density at radius 3 is 3.05 bits per heavy atom. The number of carbonyl (C=O) groups is 1. The molecule has 1 aromatic carbocycles. The molecule has 2 fully saturated rings. The minimum atomic E-state index is 0.0104. The number of rotatable bonds is 1. The number of amides is 2. The molecule has 0 bridgehead atoms. The summed E-state index contributed by atoms with van der Waals surface area (Å²) in [4.78, 5) is 15.5. The number of nitrogens with zero attached hydrogens (tertiary/aromatic N) is 3. The van der Waals surface area contributed by atoms with Gasteiger partial charge in [0.05, 0.1) is 22.3 Å². The van der Waals surface area contributed by atoms with Crippen LogP contribution in [0, 0.1) is 11.3 Å². The number of carbonyl (C=O) groups excluding carboxylic acids is 1. The summed E-state index contributed by atoms with van der Waals surface area (Å²) in [6, 6.07) is 7.82. The van der Waals surface area contributed by atoms with Gasteiger partial charge in [-0.3, -0.25) is 0 Å². The van der Waals surface area contributed by atoms with Crippen molar-refractivity contribution >= 4 is 23.3 Å². The second-order valence-corrected chi connectivity index (χ2v) is 5.13. The highest BCUT2D eigenvalue weighted by atomic mass is 35.5. The van der Waals surface area contributed by atoms with Crippen molar-refractivity contribution in [3.8, 4) is 6.07 Å². The van der Waals surface area contributed by atoms with Crippen LogP contribution in [-0.4, -0.2) is 43.2 Å². The van der Waals surface area contributed by atoms with E-state index in [2.05, 4.69) is 16.3 Å². The van der Waals surface area contributed by atoms with Crippen LogP contribution in [-0.2, 0) is 0 Å². The summed E-state index contributed by atoms with van der Waals surface area (Å²) in [5.41, 5.74) is 1.36. The molecule has 2 aliphatic rings. The van der Waals surface area contributed by atoms with Gasteiger partial charge >= 0.3 is 6.03 Å². The summed E-state index contributed by atoms with van der Waals surface area (Å²) >= 11 is 6.06. The Morgan fingerprint density at radius 1 is 1.42 bits per heavy atom. The molecule has 2 heterocycles. The van der Waals surface area contributed by atoms with Crippen molar-refractivity contribution in [3.63, 3.8) is 0 Å². The fraction of sp³-hybridized carbons (Fsp3) is 0.385. The Labute approximate surface area is 116 Å². The molecule has 0 radical (unpaired) electrons. The predicted octanol–water partition coefficient (Wildman–Crippen LogP) is 1.43. The Balaban J connectivity index is 1.87. The number of benzene rings is 1. The third-order valence-electron chi connectivity index (χ3n) is 3.68. The summed E-state index contributed by atoms with van der Waals surface area (Å²) in [5.74, 6) is 0. The van der Waals surface area contributed by atoms with Gasteiger partial charge in [0, 0.05) is 26.2 Å². The summed E-state index contributed by atoms with van der Waals surface area (Å²) < 4.78 is 0. The van der Waals surface area contributed by atoms with Gasteiger partial charge in [0.15, 0.2) is 0 Å². The normalized spacial score (nSPS) is 21.9. The lowest BCUT2D eigenvalue weighted by Crippen LogP contribution is -2.52. The Bertz CT molecular complexity index is 568. The number of piperazine rings is 1. The van der Waals surface area contributed by atoms with Crippen molar-refractivity contribution in [1.29, 1.82) is 5.26 Å². The van der Waals surface area contributed by atoms with Crippen molar-refractivity contribution in [2.45, 2.75) is 6.04 Å². The van der Waals surface area contributed by atoms with Crippen LogP contribution in [0.2, 0.25) is 5.02 Å². The summed E-state index contributed by atoms with van der Waals surface area (Å²) in [6.45, 7) is 2.79. The highest BCUT2D eigenvalue weighted by Gasteiger charge is 2.36. The molecule has 1 aromatic rings. The van der Waals surface area contributed by atoms with E-state index in [0.717, 1.165) is 18.8 Å². The fourth-order valence-corrected chi connectivity index (χ4v) is 2.92. The first-order chi connectivity index (χ1) is 9.20. The molecule has 98 valence electrons. The van der Waals surface area contributed by atoms with E-state index in [1.807, 2.05) is 17.0 Å². The van der Waals surface area contributed by atoms with Gasteiger partial charge in [0.2, 0.25) is 0 Å². The largest absolute Gasteiger partial charge is 0.367 e. The van der Waals surface area contributed by atoms with E-state index < -0.39 is 0 Å². The highest BCUT2D eigenvalue weighted by Crippen LogP contribution is 2.29. The molecule has 19 heavy (non-hydrogen) atoms. The first-order valence-electron chi connectivity index (χ1n) is 6.18. The number of nitrogens with one attached hydrogen (secondary N) is 1. The van der Waals surface area contributed by atoms with Gasteiger partial charge in [0.1, 0.15) is 6.07 Å². The van der Waals surface area contributed by atoms with E-state index in [1.165, 1.54) is 0 Å². The van der Waals surface area contributed by atoms with E-state index in [9.17, 15) is 10.1 Å². The first kappa shape index (κ1) is 12.1. The highest BCUT2D eigenvalue weighted by molar-refractivity contribution is 6.32. The lowest BCUT2D eigenvalue weighted by molar-refractivity contribution is 0.197. The quantitative estimate of drug-likeness (QED) is 0.844. The molecule has 2 saturated heterocycles. The first-order valence-corrected chi connectivity index (χ1v) is 6.56. The van der Waals surface area contributed by atoms with Gasteiger partial charge in [-0.15, -0.1) is 0 Å². The molecule has 1 N–H and O–H groups in total. The van der Waals surface area contributed by atoms with Crippen LogP contribution in [0.3, 0.4) is 0 Å². The number of anilines is 1. The lowest BCUT2D eigenvalue weighted by Gasteiger charge is -2.38. The minimum absolute atomic E-state index is 0.0104. The molecular weight excluding hydrogens is 264 g/mol. The molecule has 0 saturated carbocycles. The van der Waals surface area contributed by atoms with Crippen LogP contribution in [0.15, 0.2) is 18.2 Å². The molecule has 0 aromatic heterocycles. The topological polar surface area (TPSA) is 59.4 Å². The monoisotopic (exact) mass is 276 g/mol. The second-order valence-electron chi connectivity index (χ2n) is 4.73. The van der Waals surface area contributed by atoms with Gasteiger partial charge in [-0.2, -0.15) is 5.26 Å². The number of fused-ring (bicyclic) bond motifs is 1. The maximum absolute atomic E-state index is 11.6. The summed E-state index contributed by atoms with van der Waals surface area (Å²) in [6.07, 6.45) is 0. The standard InChI is InChI=1S/C13H13ClN4O/c14-11-2-1-3-12(10(11)6-15)17-4-5-18-9(8-17)7-16-13(18)19/h1-3,9H,4-5,7-8H2,(H,16,19). The number of halogens is 1. The van der Waals surface area contributed by atoms with E-state index in [0.29, 0.717) is 23.7 Å². The maximum atomic E-state index is 11.6. The van der Waals surface area contributed by atoms with Gasteiger partial charge < -0.3 is 15.1 Å². The Hall–Kier alpha value is -1.93. The Kier molecular flexibility index (Phi) is 2.96. The third kappa shape index (κ3) is 1.98. The molecule has 1 unspecified atom stereocenters. The van der Waals surface area contributed by atoms with Gasteiger partial charge in [0.25, 0.3) is 0 Å². The zero-order chi connectivity index (χ0) is 13.4. The number of urea groups is 1. The molecule has 2 aliphatic heterocycles. The zero-order valence-electron chi connectivity index (χ0n) is 10.3. The van der Waals surface area contributed by atoms with Crippen LogP contribution < -0.4 is 10.2 Å². The molecule has 5 nitrogen and oxygen atoms in total. The molecule has 2 amide bonds. The SMILES string of the molecule is N#Cc1c(Cl)cccc1N1CCN2C(=O)NCC2C1. The maximum Gasteiger partial charge on any atom is 0.317 e. The van der Waals surface area contributed by atoms with E-state index in [-0.39, 0.29) is 12.1 Å². The van der Waals surface area contributed by atoms with Gasteiger partial charge in [-0.05, 0) is 12.1 Å². The average molecular weight is 277 g/mol. The number of nitriles is 1. The van der Waals surface area contributed by atoms with Crippen LogP contribution >= 0.6 is 11.6 Å². The Morgan fingerprint density at radius 2 is 2.26 bits per heavy atom. The van der Waals surface area contributed by atoms with E-state index in [4.69, 9.17) is 11.6 Å². The summed E-state index contributed by atoms with van der Waals surface area (Å²) in [5, 5.41) is 12.5.